The number of para-hydroxylation sites is 2. The monoisotopic (exact) mass is 439 g/mol. The molecular weight excluding hydrogens is 414 g/mol. The molecule has 2 aromatic heterocycles. The SMILES string of the molecule is N#Cc1ccc(Cn2c(=O)n(CC(O)CN3CCc4ccccc4C3)c3ccccc32)nc1. The van der Waals surface area contributed by atoms with Gasteiger partial charge in [-0.2, -0.15) is 5.26 Å². The first-order chi connectivity index (χ1) is 16.1. The highest BCUT2D eigenvalue weighted by Gasteiger charge is 2.21. The van der Waals surface area contributed by atoms with Gasteiger partial charge in [0.25, 0.3) is 0 Å². The Morgan fingerprint density at radius 1 is 0.970 bits per heavy atom. The first kappa shape index (κ1) is 21.1. The largest absolute Gasteiger partial charge is 0.390 e. The van der Waals surface area contributed by atoms with Gasteiger partial charge in [-0.05, 0) is 41.8 Å². The minimum atomic E-state index is -0.666. The van der Waals surface area contributed by atoms with Crippen LogP contribution in [0.4, 0.5) is 0 Å². The van der Waals surface area contributed by atoms with Crippen LogP contribution in [0.25, 0.3) is 11.0 Å². The van der Waals surface area contributed by atoms with Gasteiger partial charge in [0, 0.05) is 25.8 Å². The molecule has 2 aromatic carbocycles. The summed E-state index contributed by atoms with van der Waals surface area (Å²) in [5, 5.41) is 19.9. The Hall–Kier alpha value is -3.73. The van der Waals surface area contributed by atoms with Crippen molar-refractivity contribution in [3.8, 4) is 6.07 Å². The number of hydrogen-bond donors (Lipinski definition) is 1. The molecule has 0 saturated heterocycles. The van der Waals surface area contributed by atoms with Crippen molar-refractivity contribution in [1.82, 2.24) is 19.0 Å². The zero-order valence-corrected chi connectivity index (χ0v) is 18.3. The number of benzene rings is 2. The molecule has 1 unspecified atom stereocenters. The number of pyridine rings is 1. The molecule has 7 nitrogen and oxygen atoms in total. The predicted octanol–water partition coefficient (Wildman–Crippen LogP) is 2.54. The van der Waals surface area contributed by atoms with Gasteiger partial charge >= 0.3 is 5.69 Å². The quantitative estimate of drug-likeness (QED) is 0.499. The number of imidazole rings is 1. The maximum absolute atomic E-state index is 13.3. The molecule has 7 heteroatoms. The maximum Gasteiger partial charge on any atom is 0.329 e. The smallest absolute Gasteiger partial charge is 0.329 e. The van der Waals surface area contributed by atoms with Gasteiger partial charge in [0.05, 0.1) is 41.5 Å². The van der Waals surface area contributed by atoms with Crippen LogP contribution in [0, 0.1) is 11.3 Å². The van der Waals surface area contributed by atoms with E-state index in [0.717, 1.165) is 30.5 Å². The van der Waals surface area contributed by atoms with Crippen LogP contribution in [0.15, 0.2) is 71.7 Å². The summed E-state index contributed by atoms with van der Waals surface area (Å²) in [6.45, 7) is 2.75. The van der Waals surface area contributed by atoms with Crippen molar-refractivity contribution >= 4 is 11.0 Å². The van der Waals surface area contributed by atoms with Gasteiger partial charge in [-0.25, -0.2) is 4.79 Å². The van der Waals surface area contributed by atoms with Crippen LogP contribution in [0.3, 0.4) is 0 Å². The lowest BCUT2D eigenvalue weighted by molar-refractivity contribution is 0.0918. The van der Waals surface area contributed by atoms with Crippen molar-refractivity contribution in [3.05, 3.63) is 99.7 Å². The fourth-order valence-corrected chi connectivity index (χ4v) is 4.62. The van der Waals surface area contributed by atoms with E-state index in [4.69, 9.17) is 5.26 Å². The van der Waals surface area contributed by atoms with E-state index in [9.17, 15) is 9.90 Å². The first-order valence-electron chi connectivity index (χ1n) is 11.1. The number of β-amino-alcohol motifs (C(OH)–C–C–N with tert-alkyl or cyclic N) is 1. The lowest BCUT2D eigenvalue weighted by atomic mass is 10.00. The molecule has 1 aliphatic rings. The van der Waals surface area contributed by atoms with Crippen LogP contribution in [0.1, 0.15) is 22.4 Å². The topological polar surface area (TPSA) is 87.1 Å². The molecule has 0 bridgehead atoms. The summed E-state index contributed by atoms with van der Waals surface area (Å²) < 4.78 is 3.33. The minimum absolute atomic E-state index is 0.176. The first-order valence-corrected chi connectivity index (χ1v) is 11.1. The highest BCUT2D eigenvalue weighted by molar-refractivity contribution is 5.76. The molecule has 33 heavy (non-hydrogen) atoms. The van der Waals surface area contributed by atoms with Crippen LogP contribution >= 0.6 is 0 Å². The predicted molar refractivity (Wildman–Crippen MR) is 126 cm³/mol. The number of fused-ring (bicyclic) bond motifs is 2. The van der Waals surface area contributed by atoms with Crippen molar-refractivity contribution in [2.45, 2.75) is 32.2 Å². The van der Waals surface area contributed by atoms with E-state index in [-0.39, 0.29) is 12.2 Å². The number of nitrogens with zero attached hydrogens (tertiary/aromatic N) is 5. The van der Waals surface area contributed by atoms with Gasteiger partial charge in [-0.3, -0.25) is 19.0 Å². The molecular formula is C26H25N5O2. The Bertz CT molecular complexity index is 1380. The summed E-state index contributed by atoms with van der Waals surface area (Å²) in [5.41, 5.74) is 5.28. The van der Waals surface area contributed by atoms with Crippen molar-refractivity contribution < 1.29 is 5.11 Å². The van der Waals surface area contributed by atoms with E-state index in [1.165, 1.54) is 17.3 Å². The van der Waals surface area contributed by atoms with E-state index in [1.807, 2.05) is 24.3 Å². The summed E-state index contributed by atoms with van der Waals surface area (Å²) in [4.78, 5) is 19.9. The van der Waals surface area contributed by atoms with Gasteiger partial charge in [0.2, 0.25) is 0 Å². The van der Waals surface area contributed by atoms with Crippen LogP contribution in [0.2, 0.25) is 0 Å². The van der Waals surface area contributed by atoms with E-state index in [0.29, 0.717) is 24.3 Å². The molecule has 0 fully saturated rings. The minimum Gasteiger partial charge on any atom is -0.390 e. The fourth-order valence-electron chi connectivity index (χ4n) is 4.62. The van der Waals surface area contributed by atoms with Crippen LogP contribution < -0.4 is 5.69 Å². The molecule has 166 valence electrons. The van der Waals surface area contributed by atoms with Crippen molar-refractivity contribution in [3.63, 3.8) is 0 Å². The average Bonchev–Trinajstić information content (AvgIpc) is 3.10. The van der Waals surface area contributed by atoms with E-state index in [2.05, 4.69) is 40.2 Å². The Balaban J connectivity index is 1.36. The number of nitriles is 1. The molecule has 0 radical (unpaired) electrons. The third-order valence-electron chi connectivity index (χ3n) is 6.27. The molecule has 1 N–H and O–H groups in total. The Kier molecular flexibility index (Phi) is 5.78. The lowest BCUT2D eigenvalue weighted by Crippen LogP contribution is -2.39. The second-order valence-electron chi connectivity index (χ2n) is 8.53. The average molecular weight is 440 g/mol. The summed E-state index contributed by atoms with van der Waals surface area (Å²) in [6, 6.07) is 21.6. The molecule has 0 spiro atoms. The molecule has 0 amide bonds. The highest BCUT2D eigenvalue weighted by atomic mass is 16.3. The normalized spacial score (nSPS) is 14.7. The molecule has 3 heterocycles. The molecule has 1 aliphatic heterocycles. The van der Waals surface area contributed by atoms with Crippen LogP contribution in [-0.4, -0.2) is 43.3 Å². The molecule has 5 rings (SSSR count). The summed E-state index contributed by atoms with van der Waals surface area (Å²) in [7, 11) is 0. The molecule has 0 aliphatic carbocycles. The zero-order valence-electron chi connectivity index (χ0n) is 18.3. The summed E-state index contributed by atoms with van der Waals surface area (Å²) in [5.74, 6) is 0. The Morgan fingerprint density at radius 3 is 2.42 bits per heavy atom. The van der Waals surface area contributed by atoms with E-state index < -0.39 is 6.10 Å². The second-order valence-corrected chi connectivity index (χ2v) is 8.53. The summed E-state index contributed by atoms with van der Waals surface area (Å²) >= 11 is 0. The van der Waals surface area contributed by atoms with Gasteiger partial charge in [0.1, 0.15) is 6.07 Å². The number of aliphatic hydroxyl groups is 1. The maximum atomic E-state index is 13.3. The van der Waals surface area contributed by atoms with E-state index >= 15 is 0 Å². The van der Waals surface area contributed by atoms with Gasteiger partial charge in [-0.1, -0.05) is 36.4 Å². The van der Waals surface area contributed by atoms with Crippen molar-refractivity contribution in [2.75, 3.05) is 13.1 Å². The fraction of sp³-hybridized carbons (Fsp3) is 0.269. The van der Waals surface area contributed by atoms with Crippen LogP contribution in [0.5, 0.6) is 0 Å². The molecule has 1 atom stereocenters. The highest BCUT2D eigenvalue weighted by Crippen LogP contribution is 2.19. The van der Waals surface area contributed by atoms with E-state index in [1.54, 1.807) is 21.3 Å². The van der Waals surface area contributed by atoms with Gasteiger partial charge in [-0.15, -0.1) is 0 Å². The van der Waals surface area contributed by atoms with Crippen molar-refractivity contribution in [2.24, 2.45) is 0 Å². The Morgan fingerprint density at radius 2 is 1.70 bits per heavy atom. The molecule has 4 aromatic rings. The number of hydrogen-bond acceptors (Lipinski definition) is 5. The standard InChI is InChI=1S/C26H25N5O2/c27-13-19-9-10-22(28-14-19)16-30-24-7-3-4-8-25(24)31(26(30)33)18-23(32)17-29-12-11-20-5-1-2-6-21(20)15-29/h1-10,14,23,32H,11-12,15-18H2. The molecule has 0 saturated carbocycles. The number of rotatable bonds is 6. The second kappa shape index (κ2) is 9.02. The van der Waals surface area contributed by atoms with Gasteiger partial charge < -0.3 is 5.11 Å². The van der Waals surface area contributed by atoms with Crippen LogP contribution in [-0.2, 0) is 26.1 Å². The number of aliphatic hydroxyl groups excluding tert-OH is 1. The van der Waals surface area contributed by atoms with Gasteiger partial charge in [0.15, 0.2) is 0 Å². The lowest BCUT2D eigenvalue weighted by Gasteiger charge is -2.30. The zero-order chi connectivity index (χ0) is 22.8. The third kappa shape index (κ3) is 4.31. The Labute approximate surface area is 191 Å². The summed E-state index contributed by atoms with van der Waals surface area (Å²) in [6.07, 6.45) is 1.82. The van der Waals surface area contributed by atoms with Crippen molar-refractivity contribution in [1.29, 1.82) is 5.26 Å². The third-order valence-corrected chi connectivity index (χ3v) is 6.27. The number of aromatic nitrogens is 3.